The third kappa shape index (κ3) is 3.90. The summed E-state index contributed by atoms with van der Waals surface area (Å²) in [7, 11) is 0. The van der Waals surface area contributed by atoms with Crippen LogP contribution in [0.15, 0.2) is 42.5 Å². The Bertz CT molecular complexity index is 767. The normalized spacial score (nSPS) is 16.9. The Balaban J connectivity index is 1.57. The van der Waals surface area contributed by atoms with Crippen molar-refractivity contribution in [3.05, 3.63) is 59.3 Å². The first-order valence-corrected chi connectivity index (χ1v) is 8.08. The number of carbonyl (C=O) groups excluding carboxylic acids is 1. The standard InChI is InChI=1S/C19H20N4O/c1-14-7-16(10-20)8-18(22-14)21-11-17-9-19(24)23(13-17)12-15-5-3-2-4-6-15/h2-8,17H,9,11-13H2,1H3,(H,21,22). The highest BCUT2D eigenvalue weighted by Gasteiger charge is 2.29. The molecule has 1 saturated heterocycles. The van der Waals surface area contributed by atoms with E-state index < -0.39 is 0 Å². The lowest BCUT2D eigenvalue weighted by molar-refractivity contribution is -0.128. The first-order chi connectivity index (χ1) is 11.6. The van der Waals surface area contributed by atoms with Crippen LogP contribution < -0.4 is 5.32 Å². The van der Waals surface area contributed by atoms with Crippen LogP contribution in [0.5, 0.6) is 0 Å². The van der Waals surface area contributed by atoms with Crippen molar-refractivity contribution in [2.75, 3.05) is 18.4 Å². The van der Waals surface area contributed by atoms with Gasteiger partial charge in [0.25, 0.3) is 0 Å². The third-order valence-corrected chi connectivity index (χ3v) is 4.17. The lowest BCUT2D eigenvalue weighted by Crippen LogP contribution is -2.25. The quantitative estimate of drug-likeness (QED) is 0.919. The van der Waals surface area contributed by atoms with Gasteiger partial charge in [-0.2, -0.15) is 5.26 Å². The number of amides is 1. The van der Waals surface area contributed by atoms with Gasteiger partial charge in [0, 0.05) is 37.7 Å². The molecular formula is C19H20N4O. The highest BCUT2D eigenvalue weighted by molar-refractivity contribution is 5.78. The molecule has 5 heteroatoms. The molecule has 1 aromatic carbocycles. The largest absolute Gasteiger partial charge is 0.370 e. The van der Waals surface area contributed by atoms with E-state index in [-0.39, 0.29) is 11.8 Å². The second-order valence-corrected chi connectivity index (χ2v) is 6.21. The van der Waals surface area contributed by atoms with E-state index in [0.717, 1.165) is 17.8 Å². The molecule has 0 bridgehead atoms. The molecule has 24 heavy (non-hydrogen) atoms. The first kappa shape index (κ1) is 16.0. The zero-order valence-corrected chi connectivity index (χ0v) is 13.7. The minimum absolute atomic E-state index is 0.195. The number of benzene rings is 1. The van der Waals surface area contributed by atoms with Crippen molar-refractivity contribution in [2.24, 2.45) is 5.92 Å². The van der Waals surface area contributed by atoms with E-state index in [2.05, 4.69) is 16.4 Å². The summed E-state index contributed by atoms with van der Waals surface area (Å²) in [6.45, 7) is 3.96. The number of hydrogen-bond donors (Lipinski definition) is 1. The monoisotopic (exact) mass is 320 g/mol. The number of aryl methyl sites for hydroxylation is 1. The second-order valence-electron chi connectivity index (χ2n) is 6.21. The second kappa shape index (κ2) is 7.14. The molecule has 122 valence electrons. The number of likely N-dealkylation sites (tertiary alicyclic amines) is 1. The van der Waals surface area contributed by atoms with Crippen LogP contribution in [0.2, 0.25) is 0 Å². The molecule has 5 nitrogen and oxygen atoms in total. The minimum atomic E-state index is 0.195. The number of pyridine rings is 1. The molecule has 0 radical (unpaired) electrons. The van der Waals surface area contributed by atoms with Gasteiger partial charge in [-0.25, -0.2) is 4.98 Å². The molecular weight excluding hydrogens is 300 g/mol. The maximum absolute atomic E-state index is 12.2. The van der Waals surface area contributed by atoms with Crippen LogP contribution in [0.1, 0.15) is 23.2 Å². The molecule has 3 rings (SSSR count). The van der Waals surface area contributed by atoms with Gasteiger partial charge in [-0.3, -0.25) is 4.79 Å². The summed E-state index contributed by atoms with van der Waals surface area (Å²) in [5.41, 5.74) is 2.56. The predicted molar refractivity (Wildman–Crippen MR) is 92.1 cm³/mol. The summed E-state index contributed by atoms with van der Waals surface area (Å²) < 4.78 is 0. The van der Waals surface area contributed by atoms with Crippen LogP contribution in [0.25, 0.3) is 0 Å². The molecule has 1 aliphatic heterocycles. The maximum atomic E-state index is 12.2. The van der Waals surface area contributed by atoms with E-state index >= 15 is 0 Å². The summed E-state index contributed by atoms with van der Waals surface area (Å²) in [6, 6.07) is 15.7. The summed E-state index contributed by atoms with van der Waals surface area (Å²) >= 11 is 0. The van der Waals surface area contributed by atoms with Gasteiger partial charge in [0.15, 0.2) is 0 Å². The Morgan fingerprint density at radius 1 is 1.33 bits per heavy atom. The molecule has 0 aliphatic carbocycles. The van der Waals surface area contributed by atoms with Crippen molar-refractivity contribution < 1.29 is 4.79 Å². The number of rotatable bonds is 5. The molecule has 2 aromatic rings. The minimum Gasteiger partial charge on any atom is -0.370 e. The number of hydrogen-bond acceptors (Lipinski definition) is 4. The number of nitrogens with one attached hydrogen (secondary N) is 1. The van der Waals surface area contributed by atoms with E-state index in [1.54, 1.807) is 12.1 Å². The van der Waals surface area contributed by atoms with E-state index in [4.69, 9.17) is 5.26 Å². The van der Waals surface area contributed by atoms with Gasteiger partial charge < -0.3 is 10.2 Å². The molecule has 1 aromatic heterocycles. The fourth-order valence-corrected chi connectivity index (χ4v) is 3.02. The first-order valence-electron chi connectivity index (χ1n) is 8.08. The molecule has 1 atom stereocenters. The third-order valence-electron chi connectivity index (χ3n) is 4.17. The number of aromatic nitrogens is 1. The maximum Gasteiger partial charge on any atom is 0.223 e. The Hall–Kier alpha value is -2.87. The van der Waals surface area contributed by atoms with Crippen molar-refractivity contribution in [2.45, 2.75) is 19.9 Å². The zero-order chi connectivity index (χ0) is 16.9. The molecule has 0 saturated carbocycles. The molecule has 1 amide bonds. The van der Waals surface area contributed by atoms with Gasteiger partial charge in [-0.05, 0) is 24.6 Å². The van der Waals surface area contributed by atoms with Gasteiger partial charge in [0.1, 0.15) is 5.82 Å². The summed E-state index contributed by atoms with van der Waals surface area (Å²) in [5, 5.41) is 12.3. The predicted octanol–water partition coefficient (Wildman–Crippen LogP) is 2.72. The van der Waals surface area contributed by atoms with Crippen LogP contribution >= 0.6 is 0 Å². The summed E-state index contributed by atoms with van der Waals surface area (Å²) in [4.78, 5) is 18.5. The van der Waals surface area contributed by atoms with Gasteiger partial charge in [-0.1, -0.05) is 30.3 Å². The Labute approximate surface area is 141 Å². The number of carbonyl (C=O) groups is 1. The highest BCUT2D eigenvalue weighted by atomic mass is 16.2. The van der Waals surface area contributed by atoms with Crippen LogP contribution in [-0.2, 0) is 11.3 Å². The average Bonchev–Trinajstić information content (AvgIpc) is 2.93. The van der Waals surface area contributed by atoms with E-state index in [0.29, 0.717) is 30.9 Å². The van der Waals surface area contributed by atoms with Crippen LogP contribution in [0.3, 0.4) is 0 Å². The Kier molecular flexibility index (Phi) is 4.76. The van der Waals surface area contributed by atoms with Gasteiger partial charge in [0.05, 0.1) is 11.6 Å². The smallest absolute Gasteiger partial charge is 0.223 e. The molecule has 2 heterocycles. The van der Waals surface area contributed by atoms with Crippen LogP contribution in [0.4, 0.5) is 5.82 Å². The average molecular weight is 320 g/mol. The number of anilines is 1. The summed E-state index contributed by atoms with van der Waals surface area (Å²) in [6.07, 6.45) is 0.552. The van der Waals surface area contributed by atoms with Crippen molar-refractivity contribution >= 4 is 11.7 Å². The molecule has 0 spiro atoms. The van der Waals surface area contributed by atoms with Gasteiger partial charge >= 0.3 is 0 Å². The molecule has 1 fully saturated rings. The van der Waals surface area contributed by atoms with E-state index in [1.165, 1.54) is 0 Å². The highest BCUT2D eigenvalue weighted by Crippen LogP contribution is 2.21. The van der Waals surface area contributed by atoms with Gasteiger partial charge in [0.2, 0.25) is 5.91 Å². The summed E-state index contributed by atoms with van der Waals surface area (Å²) in [5.74, 6) is 1.15. The fourth-order valence-electron chi connectivity index (χ4n) is 3.02. The van der Waals surface area contributed by atoms with Crippen LogP contribution in [-0.4, -0.2) is 28.9 Å². The van der Waals surface area contributed by atoms with Crippen molar-refractivity contribution in [1.29, 1.82) is 5.26 Å². The Morgan fingerprint density at radius 3 is 2.88 bits per heavy atom. The van der Waals surface area contributed by atoms with Crippen molar-refractivity contribution in [3.8, 4) is 6.07 Å². The lowest BCUT2D eigenvalue weighted by atomic mass is 10.1. The van der Waals surface area contributed by atoms with E-state index in [1.807, 2.05) is 42.2 Å². The SMILES string of the molecule is Cc1cc(C#N)cc(NCC2CC(=O)N(Cc3ccccc3)C2)n1. The zero-order valence-electron chi connectivity index (χ0n) is 13.7. The van der Waals surface area contributed by atoms with Crippen molar-refractivity contribution in [3.63, 3.8) is 0 Å². The number of nitriles is 1. The number of nitrogens with zero attached hydrogens (tertiary/aromatic N) is 3. The van der Waals surface area contributed by atoms with E-state index in [9.17, 15) is 4.79 Å². The topological polar surface area (TPSA) is 69.0 Å². The fraction of sp³-hybridized carbons (Fsp3) is 0.316. The Morgan fingerprint density at radius 2 is 2.12 bits per heavy atom. The van der Waals surface area contributed by atoms with Crippen molar-refractivity contribution in [1.82, 2.24) is 9.88 Å². The lowest BCUT2D eigenvalue weighted by Gasteiger charge is -2.17. The molecule has 1 N–H and O–H groups in total. The molecule has 1 aliphatic rings. The van der Waals surface area contributed by atoms with Crippen LogP contribution in [0, 0.1) is 24.2 Å². The molecule has 1 unspecified atom stereocenters. The van der Waals surface area contributed by atoms with Gasteiger partial charge in [-0.15, -0.1) is 0 Å².